The molecule has 7 nitrogen and oxygen atoms in total. The van der Waals surface area contributed by atoms with Gasteiger partial charge in [0.05, 0.1) is 13.7 Å². The van der Waals surface area contributed by atoms with Crippen LogP contribution in [0.2, 0.25) is 0 Å². The van der Waals surface area contributed by atoms with Crippen LogP contribution in [-0.4, -0.2) is 60.9 Å². The summed E-state index contributed by atoms with van der Waals surface area (Å²) in [5.41, 5.74) is 0.149. The van der Waals surface area contributed by atoms with Crippen LogP contribution in [-0.2, 0) is 14.4 Å². The zero-order chi connectivity index (χ0) is 21.1. The normalized spacial score (nSPS) is 14.6. The topological polar surface area (TPSA) is 70.2 Å². The van der Waals surface area contributed by atoms with Crippen LogP contribution in [0.25, 0.3) is 0 Å². The first-order valence-corrected chi connectivity index (χ1v) is 9.54. The number of benzene rings is 1. The van der Waals surface area contributed by atoms with E-state index in [2.05, 4.69) is 0 Å². The zero-order valence-corrected chi connectivity index (χ0v) is 17.7. The van der Waals surface area contributed by atoms with Gasteiger partial charge in [-0.15, -0.1) is 0 Å². The fourth-order valence-corrected chi connectivity index (χ4v) is 3.10. The maximum absolute atomic E-state index is 12.8. The molecule has 154 valence electrons. The Morgan fingerprint density at radius 2 is 1.79 bits per heavy atom. The van der Waals surface area contributed by atoms with E-state index < -0.39 is 5.41 Å². The summed E-state index contributed by atoms with van der Waals surface area (Å²) < 4.78 is 5.14. The lowest BCUT2D eigenvalue weighted by atomic mass is 9.94. The number of nitrogens with zero attached hydrogens (tertiary/aromatic N) is 3. The van der Waals surface area contributed by atoms with Gasteiger partial charge in [-0.05, 0) is 30.2 Å². The summed E-state index contributed by atoms with van der Waals surface area (Å²) in [4.78, 5) is 42.6. The number of hydrogen-bond donors (Lipinski definition) is 0. The number of rotatable bonds is 6. The molecule has 3 amide bonds. The van der Waals surface area contributed by atoms with Gasteiger partial charge >= 0.3 is 0 Å². The molecule has 1 aliphatic heterocycles. The molecule has 1 fully saturated rings. The molecular weight excluding hydrogens is 358 g/mol. The number of hydrogen-bond acceptors (Lipinski definition) is 4. The van der Waals surface area contributed by atoms with E-state index in [4.69, 9.17) is 4.74 Å². The van der Waals surface area contributed by atoms with Gasteiger partial charge in [0.1, 0.15) is 19.0 Å². The molecule has 0 unspecified atom stereocenters. The highest BCUT2D eigenvalue weighted by Gasteiger charge is 2.35. The summed E-state index contributed by atoms with van der Waals surface area (Å²) in [6, 6.07) is 7.14. The Hall–Kier alpha value is -2.57. The average molecular weight is 389 g/mol. The second kappa shape index (κ2) is 8.63. The molecule has 0 aliphatic carbocycles. The van der Waals surface area contributed by atoms with Crippen molar-refractivity contribution >= 4 is 23.4 Å². The Balaban J connectivity index is 2.08. The average Bonchev–Trinajstić information content (AvgIpc) is 3.01. The minimum absolute atomic E-state index is 0.0159. The predicted octanol–water partition coefficient (Wildman–Crippen LogP) is 2.36. The Morgan fingerprint density at radius 1 is 1.18 bits per heavy atom. The van der Waals surface area contributed by atoms with Gasteiger partial charge in [-0.25, -0.2) is 0 Å². The third-order valence-corrected chi connectivity index (χ3v) is 4.52. The minimum Gasteiger partial charge on any atom is -0.497 e. The van der Waals surface area contributed by atoms with Crippen molar-refractivity contribution in [3.63, 3.8) is 0 Å². The van der Waals surface area contributed by atoms with E-state index in [1.165, 1.54) is 4.90 Å². The second-order valence-electron chi connectivity index (χ2n) is 8.58. The van der Waals surface area contributed by atoms with E-state index in [9.17, 15) is 14.4 Å². The summed E-state index contributed by atoms with van der Waals surface area (Å²) >= 11 is 0. The van der Waals surface area contributed by atoms with Gasteiger partial charge < -0.3 is 14.5 Å². The first-order valence-electron chi connectivity index (χ1n) is 9.54. The minimum atomic E-state index is -0.564. The fourth-order valence-electron chi connectivity index (χ4n) is 3.10. The largest absolute Gasteiger partial charge is 0.497 e. The molecule has 1 aromatic carbocycles. The molecule has 0 radical (unpaired) electrons. The number of methoxy groups -OCH3 is 1. The molecule has 0 bridgehead atoms. The molecule has 2 rings (SSSR count). The first kappa shape index (κ1) is 21.7. The Morgan fingerprint density at radius 3 is 2.29 bits per heavy atom. The Bertz CT molecular complexity index is 722. The second-order valence-corrected chi connectivity index (χ2v) is 8.58. The first-order chi connectivity index (χ1) is 13.0. The molecule has 0 aromatic heterocycles. The molecule has 0 spiro atoms. The maximum Gasteiger partial charge on any atom is 0.248 e. The third-order valence-electron chi connectivity index (χ3n) is 4.52. The molecule has 1 aliphatic rings. The van der Waals surface area contributed by atoms with Crippen molar-refractivity contribution in [2.75, 3.05) is 38.3 Å². The van der Waals surface area contributed by atoms with E-state index in [0.717, 1.165) is 0 Å². The van der Waals surface area contributed by atoms with Crippen molar-refractivity contribution in [3.05, 3.63) is 24.3 Å². The van der Waals surface area contributed by atoms with Crippen LogP contribution in [0.15, 0.2) is 24.3 Å². The summed E-state index contributed by atoms with van der Waals surface area (Å²) in [5.74, 6) is 0.522. The number of carbonyl (C=O) groups is 3. The number of amides is 3. The monoisotopic (exact) mass is 389 g/mol. The lowest BCUT2D eigenvalue weighted by molar-refractivity contribution is -0.145. The van der Waals surface area contributed by atoms with Crippen molar-refractivity contribution in [1.82, 2.24) is 9.80 Å². The molecular formula is C21H31N3O4. The van der Waals surface area contributed by atoms with E-state index in [1.54, 1.807) is 41.2 Å². The lowest BCUT2D eigenvalue weighted by Crippen LogP contribution is -2.47. The van der Waals surface area contributed by atoms with Crippen LogP contribution in [0.3, 0.4) is 0 Å². The summed E-state index contributed by atoms with van der Waals surface area (Å²) in [7, 11) is 1.58. The lowest BCUT2D eigenvalue weighted by Gasteiger charge is -2.31. The van der Waals surface area contributed by atoms with Gasteiger partial charge in [-0.3, -0.25) is 19.3 Å². The molecule has 1 aromatic rings. The van der Waals surface area contributed by atoms with Crippen molar-refractivity contribution in [2.45, 2.75) is 34.6 Å². The predicted molar refractivity (Wildman–Crippen MR) is 108 cm³/mol. The summed E-state index contributed by atoms with van der Waals surface area (Å²) in [6.07, 6.45) is 0. The van der Waals surface area contributed by atoms with Crippen LogP contribution >= 0.6 is 0 Å². The molecule has 1 saturated heterocycles. The van der Waals surface area contributed by atoms with E-state index in [-0.39, 0.29) is 43.4 Å². The van der Waals surface area contributed by atoms with E-state index >= 15 is 0 Å². The quantitative estimate of drug-likeness (QED) is 0.749. The van der Waals surface area contributed by atoms with Gasteiger partial charge in [0, 0.05) is 17.6 Å². The Labute approximate surface area is 167 Å². The SMILES string of the molecule is COc1ccc(N2CN(C(=O)CN(CC(C)C)C(=O)C(C)(C)C)CC2=O)cc1. The Kier molecular flexibility index (Phi) is 6.69. The smallest absolute Gasteiger partial charge is 0.248 e. The van der Waals surface area contributed by atoms with Crippen LogP contribution < -0.4 is 9.64 Å². The highest BCUT2D eigenvalue weighted by Crippen LogP contribution is 2.23. The van der Waals surface area contributed by atoms with Crippen molar-refractivity contribution in [1.29, 1.82) is 0 Å². The highest BCUT2D eigenvalue weighted by atomic mass is 16.5. The molecule has 0 saturated carbocycles. The van der Waals surface area contributed by atoms with Gasteiger partial charge in [0.25, 0.3) is 0 Å². The summed E-state index contributed by atoms with van der Waals surface area (Å²) in [5, 5.41) is 0. The van der Waals surface area contributed by atoms with Crippen LogP contribution in [0.1, 0.15) is 34.6 Å². The number of anilines is 1. The molecule has 1 heterocycles. The zero-order valence-electron chi connectivity index (χ0n) is 17.7. The number of carbonyl (C=O) groups excluding carboxylic acids is 3. The third kappa shape index (κ3) is 5.24. The standard InChI is InChI=1S/C21H31N3O4/c1-15(2)11-22(20(27)21(3,4)5)12-18(25)23-13-19(26)24(14-23)16-7-9-17(28-6)10-8-16/h7-10,15H,11-14H2,1-6H3. The molecule has 0 atom stereocenters. The van der Waals surface area contributed by atoms with Gasteiger partial charge in [0.15, 0.2) is 0 Å². The van der Waals surface area contributed by atoms with Gasteiger partial charge in [-0.2, -0.15) is 0 Å². The highest BCUT2D eigenvalue weighted by molar-refractivity contribution is 6.00. The summed E-state index contributed by atoms with van der Waals surface area (Å²) in [6.45, 7) is 10.3. The molecule has 28 heavy (non-hydrogen) atoms. The van der Waals surface area contributed by atoms with Gasteiger partial charge in [-0.1, -0.05) is 34.6 Å². The maximum atomic E-state index is 12.8. The fraction of sp³-hybridized carbons (Fsp3) is 0.571. The van der Waals surface area contributed by atoms with Crippen LogP contribution in [0.5, 0.6) is 5.75 Å². The van der Waals surface area contributed by atoms with Crippen LogP contribution in [0.4, 0.5) is 5.69 Å². The van der Waals surface area contributed by atoms with Crippen molar-refractivity contribution < 1.29 is 19.1 Å². The van der Waals surface area contributed by atoms with Crippen LogP contribution in [0, 0.1) is 11.3 Å². The van der Waals surface area contributed by atoms with Crippen molar-refractivity contribution in [2.24, 2.45) is 11.3 Å². The van der Waals surface area contributed by atoms with Gasteiger partial charge in [0.2, 0.25) is 17.7 Å². The van der Waals surface area contributed by atoms with E-state index in [1.807, 2.05) is 34.6 Å². The molecule has 0 N–H and O–H groups in total. The molecule has 7 heteroatoms. The van der Waals surface area contributed by atoms with E-state index in [0.29, 0.717) is 18.0 Å². The van der Waals surface area contributed by atoms with Crippen molar-refractivity contribution in [3.8, 4) is 5.75 Å². The number of ether oxygens (including phenoxy) is 1.